The Hall–Kier alpha value is -4.20. The number of hydrogen-bond acceptors (Lipinski definition) is 7. The maximum atomic E-state index is 13.7. The zero-order valence-corrected chi connectivity index (χ0v) is 27.9. The van der Waals surface area contributed by atoms with Crippen LogP contribution in [0.15, 0.2) is 47.3 Å². The first-order valence-electron chi connectivity index (χ1n) is 16.0. The Kier molecular flexibility index (Phi) is 14.2. The molecule has 10 nitrogen and oxygen atoms in total. The van der Waals surface area contributed by atoms with Gasteiger partial charge in [-0.1, -0.05) is 24.3 Å². The van der Waals surface area contributed by atoms with Crippen molar-refractivity contribution >= 4 is 17.6 Å². The number of aryl methyl sites for hydroxylation is 2. The van der Waals surface area contributed by atoms with Crippen molar-refractivity contribution in [3.8, 4) is 11.1 Å². The SMILES string of the molecule is CCN(c1cc(-c2ccc(CNCCCN)cc2)cc(C(=O)NCc2c(C)cc(C)[nH]c2=O)c1C)C1CCOCC1.O=C(O)C(F)(F)F. The van der Waals surface area contributed by atoms with E-state index in [-0.39, 0.29) is 18.0 Å². The number of aromatic amines is 1. The number of aliphatic carboxylic acids is 1. The van der Waals surface area contributed by atoms with Gasteiger partial charge in [-0.05, 0) is 106 Å². The first kappa shape index (κ1) is 38.2. The number of carbonyl (C=O) groups is 2. The minimum Gasteiger partial charge on any atom is -0.475 e. The zero-order valence-electron chi connectivity index (χ0n) is 27.9. The van der Waals surface area contributed by atoms with Crippen LogP contribution >= 0.6 is 0 Å². The number of anilines is 1. The van der Waals surface area contributed by atoms with Gasteiger partial charge < -0.3 is 36.1 Å². The summed E-state index contributed by atoms with van der Waals surface area (Å²) in [6.45, 7) is 12.8. The molecule has 0 aliphatic carbocycles. The Bertz CT molecular complexity index is 1590. The monoisotopic (exact) mass is 673 g/mol. The van der Waals surface area contributed by atoms with Crippen LogP contribution < -0.4 is 26.8 Å². The maximum absolute atomic E-state index is 13.7. The molecule has 0 atom stereocenters. The predicted octanol–water partition coefficient (Wildman–Crippen LogP) is 4.97. The summed E-state index contributed by atoms with van der Waals surface area (Å²) in [6, 6.07) is 15.0. The van der Waals surface area contributed by atoms with Gasteiger partial charge in [0.15, 0.2) is 0 Å². The lowest BCUT2D eigenvalue weighted by atomic mass is 9.94. The summed E-state index contributed by atoms with van der Waals surface area (Å²) in [6.07, 6.45) is -2.21. The van der Waals surface area contributed by atoms with E-state index in [0.717, 1.165) is 85.7 Å². The first-order chi connectivity index (χ1) is 22.8. The molecule has 1 aliphatic rings. The van der Waals surface area contributed by atoms with Gasteiger partial charge in [0.25, 0.3) is 11.5 Å². The van der Waals surface area contributed by atoms with E-state index in [0.29, 0.717) is 23.7 Å². The maximum Gasteiger partial charge on any atom is 0.490 e. The lowest BCUT2D eigenvalue weighted by molar-refractivity contribution is -0.192. The van der Waals surface area contributed by atoms with Gasteiger partial charge in [-0.2, -0.15) is 13.2 Å². The fourth-order valence-corrected chi connectivity index (χ4v) is 5.66. The second kappa shape index (κ2) is 17.8. The fraction of sp³-hybridized carbons (Fsp3) is 0.457. The summed E-state index contributed by atoms with van der Waals surface area (Å²) < 4.78 is 37.4. The Labute approximate surface area is 278 Å². The fourth-order valence-electron chi connectivity index (χ4n) is 5.66. The second-order valence-electron chi connectivity index (χ2n) is 11.7. The van der Waals surface area contributed by atoms with Crippen molar-refractivity contribution in [3.05, 3.63) is 86.3 Å². The third-order valence-corrected chi connectivity index (χ3v) is 8.24. The molecule has 6 N–H and O–H groups in total. The molecule has 262 valence electrons. The Morgan fingerprint density at radius 1 is 1.04 bits per heavy atom. The third-order valence-electron chi connectivity index (χ3n) is 8.24. The average molecular weight is 674 g/mol. The van der Waals surface area contributed by atoms with E-state index in [1.807, 2.05) is 32.9 Å². The number of H-pyrrole nitrogens is 1. The molecule has 1 aromatic heterocycles. The molecule has 13 heteroatoms. The van der Waals surface area contributed by atoms with Gasteiger partial charge in [0, 0.05) is 61.4 Å². The van der Waals surface area contributed by atoms with Crippen molar-refractivity contribution in [2.45, 2.75) is 72.3 Å². The Morgan fingerprint density at radius 2 is 1.69 bits per heavy atom. The number of halogens is 3. The quantitative estimate of drug-likeness (QED) is 0.169. The highest BCUT2D eigenvalue weighted by Gasteiger charge is 2.38. The van der Waals surface area contributed by atoms with Crippen molar-refractivity contribution in [3.63, 3.8) is 0 Å². The van der Waals surface area contributed by atoms with Gasteiger partial charge in [-0.3, -0.25) is 9.59 Å². The number of carboxylic acids is 1. The number of hydrogen-bond donors (Lipinski definition) is 5. The van der Waals surface area contributed by atoms with E-state index in [1.165, 1.54) is 5.56 Å². The molecule has 48 heavy (non-hydrogen) atoms. The molecule has 0 bridgehead atoms. The Morgan fingerprint density at radius 3 is 2.25 bits per heavy atom. The molecule has 1 aliphatic heterocycles. The highest BCUT2D eigenvalue weighted by atomic mass is 19.4. The molecule has 3 aromatic rings. The number of rotatable bonds is 12. The topological polar surface area (TPSA) is 150 Å². The van der Waals surface area contributed by atoms with Crippen LogP contribution in [0, 0.1) is 20.8 Å². The molecular formula is C35H46F3N5O5. The van der Waals surface area contributed by atoms with E-state index in [4.69, 9.17) is 20.4 Å². The van der Waals surface area contributed by atoms with Crippen LogP contribution in [0.4, 0.5) is 18.9 Å². The normalized spacial score (nSPS) is 13.4. The minimum atomic E-state index is -5.08. The van der Waals surface area contributed by atoms with Crippen molar-refractivity contribution in [1.29, 1.82) is 0 Å². The van der Waals surface area contributed by atoms with Crippen LogP contribution in [0.3, 0.4) is 0 Å². The molecule has 0 unspecified atom stereocenters. The molecule has 2 heterocycles. The predicted molar refractivity (Wildman–Crippen MR) is 180 cm³/mol. The second-order valence-corrected chi connectivity index (χ2v) is 11.7. The van der Waals surface area contributed by atoms with E-state index in [2.05, 4.69) is 57.8 Å². The number of nitrogens with one attached hydrogen (secondary N) is 3. The van der Waals surface area contributed by atoms with Crippen molar-refractivity contribution in [2.75, 3.05) is 37.7 Å². The first-order valence-corrected chi connectivity index (χ1v) is 16.0. The van der Waals surface area contributed by atoms with Crippen LogP contribution in [0.2, 0.25) is 0 Å². The van der Waals surface area contributed by atoms with Crippen LogP contribution in [-0.4, -0.2) is 67.0 Å². The summed E-state index contributed by atoms with van der Waals surface area (Å²) in [5.41, 5.74) is 13.6. The lowest BCUT2D eigenvalue weighted by Gasteiger charge is -2.37. The molecule has 4 rings (SSSR count). The number of pyridine rings is 1. The van der Waals surface area contributed by atoms with Gasteiger partial charge in [-0.15, -0.1) is 0 Å². The molecule has 1 saturated heterocycles. The smallest absolute Gasteiger partial charge is 0.475 e. The highest BCUT2D eigenvalue weighted by Crippen LogP contribution is 2.34. The van der Waals surface area contributed by atoms with Crippen LogP contribution in [0.25, 0.3) is 11.1 Å². The van der Waals surface area contributed by atoms with Gasteiger partial charge in [0.1, 0.15) is 0 Å². The summed E-state index contributed by atoms with van der Waals surface area (Å²) in [5.74, 6) is -2.94. The number of nitrogens with zero attached hydrogens (tertiary/aromatic N) is 1. The summed E-state index contributed by atoms with van der Waals surface area (Å²) in [7, 11) is 0. The van der Waals surface area contributed by atoms with E-state index < -0.39 is 12.1 Å². The number of carboxylic acid groups (broad SMARTS) is 1. The summed E-state index contributed by atoms with van der Waals surface area (Å²) >= 11 is 0. The van der Waals surface area contributed by atoms with Gasteiger partial charge in [0.05, 0.1) is 0 Å². The Balaban J connectivity index is 0.000000804. The van der Waals surface area contributed by atoms with Gasteiger partial charge in [0.2, 0.25) is 0 Å². The summed E-state index contributed by atoms with van der Waals surface area (Å²) in [4.78, 5) is 40.4. The molecule has 2 aromatic carbocycles. The van der Waals surface area contributed by atoms with Crippen LogP contribution in [0.5, 0.6) is 0 Å². The number of carbonyl (C=O) groups excluding carboxylic acids is 1. The van der Waals surface area contributed by atoms with E-state index in [1.54, 1.807) is 0 Å². The van der Waals surface area contributed by atoms with E-state index in [9.17, 15) is 22.8 Å². The minimum absolute atomic E-state index is 0.164. The number of benzene rings is 2. The van der Waals surface area contributed by atoms with Crippen molar-refractivity contribution in [2.24, 2.45) is 5.73 Å². The molecule has 0 saturated carbocycles. The summed E-state index contributed by atoms with van der Waals surface area (Å²) in [5, 5.41) is 13.6. The highest BCUT2D eigenvalue weighted by molar-refractivity contribution is 5.99. The molecule has 1 fully saturated rings. The zero-order chi connectivity index (χ0) is 35.4. The molecule has 1 amide bonds. The molecule has 0 radical (unpaired) electrons. The number of alkyl halides is 3. The average Bonchev–Trinajstić information content (AvgIpc) is 3.04. The van der Waals surface area contributed by atoms with Crippen LogP contribution in [0.1, 0.15) is 64.5 Å². The van der Waals surface area contributed by atoms with Gasteiger partial charge >= 0.3 is 12.1 Å². The number of nitrogens with two attached hydrogens (primary N) is 1. The van der Waals surface area contributed by atoms with Crippen LogP contribution in [-0.2, 0) is 22.6 Å². The van der Waals surface area contributed by atoms with E-state index >= 15 is 0 Å². The van der Waals surface area contributed by atoms with Gasteiger partial charge in [-0.25, -0.2) is 4.79 Å². The van der Waals surface area contributed by atoms with Crippen molar-refractivity contribution < 1.29 is 32.6 Å². The number of amides is 1. The standard InChI is InChI=1S/C33H45N5O3.C2HF3O2/c1-5-38(28-11-15-41-16-12-28)31-19-27(26-9-7-25(8-10-26)20-35-14-6-13-34)18-29(24(31)4)32(39)36-21-30-22(2)17-23(3)37-33(30)40;3-2(4,5)1(6)7/h7-10,17-19,28,35H,5-6,11-16,20-21,34H2,1-4H3,(H,36,39)(H,37,40);(H,6,7). The van der Waals surface area contributed by atoms with Crippen molar-refractivity contribution in [1.82, 2.24) is 15.6 Å². The number of aromatic nitrogens is 1. The lowest BCUT2D eigenvalue weighted by Crippen LogP contribution is -2.40. The third kappa shape index (κ3) is 10.7. The molecular weight excluding hydrogens is 627 g/mol. The largest absolute Gasteiger partial charge is 0.490 e. The number of ether oxygens (including phenoxy) is 1. The molecule has 0 spiro atoms.